The number of hydrogen-bond donors (Lipinski definition) is 1. The maximum atomic E-state index is 12.4. The molecule has 2 amide bonds. The summed E-state index contributed by atoms with van der Waals surface area (Å²) < 4.78 is 5.93. The van der Waals surface area contributed by atoms with Crippen LogP contribution < -0.4 is 11.2 Å². The molecule has 0 atom stereocenters. The van der Waals surface area contributed by atoms with E-state index >= 15 is 0 Å². The summed E-state index contributed by atoms with van der Waals surface area (Å²) in [5, 5.41) is 0.548. The zero-order valence-electron chi connectivity index (χ0n) is 23.8. The van der Waals surface area contributed by atoms with E-state index in [1.807, 2.05) is 45.6 Å². The lowest BCUT2D eigenvalue weighted by Gasteiger charge is -2.37. The fraction of sp³-hybridized carbons (Fsp3) is 0.643. The van der Waals surface area contributed by atoms with Gasteiger partial charge in [-0.3, -0.25) is 19.0 Å². The summed E-state index contributed by atoms with van der Waals surface area (Å²) in [5.74, 6) is 0.556. The van der Waals surface area contributed by atoms with Crippen LogP contribution in [-0.2, 0) is 21.4 Å². The molecule has 2 aromatic rings. The lowest BCUT2D eigenvalue weighted by atomic mass is 9.88. The predicted octanol–water partition coefficient (Wildman–Crippen LogP) is 3.47. The molecule has 1 aliphatic carbocycles. The molecule has 1 aliphatic heterocycles. The van der Waals surface area contributed by atoms with Gasteiger partial charge in [0, 0.05) is 46.3 Å². The van der Waals surface area contributed by atoms with Gasteiger partial charge in [0.2, 0.25) is 11.8 Å². The number of nitrogens with zero attached hydrogens (tertiary/aromatic N) is 3. The van der Waals surface area contributed by atoms with Crippen LogP contribution in [0.25, 0.3) is 10.9 Å². The van der Waals surface area contributed by atoms with Crippen molar-refractivity contribution in [3.8, 4) is 0 Å². The number of carbonyl (C=O) groups is 2. The monoisotopic (exact) mass is 518 g/mol. The molecule has 0 unspecified atom stereocenters. The van der Waals surface area contributed by atoms with E-state index in [1.165, 1.54) is 33.4 Å². The molecule has 2 heterocycles. The minimum absolute atomic E-state index is 0.0206. The molecular formula is C28H46N4O5. The number of aryl methyl sites for hydroxylation is 1. The Labute approximate surface area is 220 Å². The van der Waals surface area contributed by atoms with Crippen molar-refractivity contribution in [3.63, 3.8) is 0 Å². The molecule has 1 aromatic carbocycles. The first-order chi connectivity index (χ1) is 17.8. The van der Waals surface area contributed by atoms with Crippen molar-refractivity contribution in [1.29, 1.82) is 0 Å². The number of ether oxygens (including phenoxy) is 1. The molecule has 1 saturated carbocycles. The Balaban J connectivity index is 0.000000337. The molecule has 9 heteroatoms. The van der Waals surface area contributed by atoms with Gasteiger partial charge in [-0.25, -0.2) is 4.79 Å². The van der Waals surface area contributed by atoms with Gasteiger partial charge in [0.1, 0.15) is 6.61 Å². The number of piperazine rings is 1. The number of rotatable bonds is 3. The SMILES string of the molecule is CC.CC.COCC(=O)N1CCN(C(=O)C2CCCCC2)CC1.Cc1ccc2[nH]c(=O)n(C)c(=O)c2c1. The normalized spacial score (nSPS) is 15.4. The Morgan fingerprint density at radius 2 is 1.51 bits per heavy atom. The van der Waals surface area contributed by atoms with Gasteiger partial charge in [0.05, 0.1) is 10.9 Å². The van der Waals surface area contributed by atoms with E-state index in [1.54, 1.807) is 17.0 Å². The summed E-state index contributed by atoms with van der Waals surface area (Å²) >= 11 is 0. The molecule has 0 spiro atoms. The highest BCUT2D eigenvalue weighted by molar-refractivity contribution is 5.80. The van der Waals surface area contributed by atoms with Gasteiger partial charge in [-0.2, -0.15) is 0 Å². The largest absolute Gasteiger partial charge is 0.375 e. The molecule has 4 rings (SSSR count). The number of hydrogen-bond acceptors (Lipinski definition) is 5. The highest BCUT2D eigenvalue weighted by Gasteiger charge is 2.29. The third-order valence-electron chi connectivity index (χ3n) is 6.42. The fourth-order valence-electron chi connectivity index (χ4n) is 4.41. The molecule has 9 nitrogen and oxygen atoms in total. The molecule has 0 bridgehead atoms. The van der Waals surface area contributed by atoms with Gasteiger partial charge in [-0.05, 0) is 31.9 Å². The lowest BCUT2D eigenvalue weighted by molar-refractivity contribution is -0.144. The van der Waals surface area contributed by atoms with Crippen LogP contribution in [0, 0.1) is 12.8 Å². The molecule has 1 saturated heterocycles. The Hall–Kier alpha value is -2.94. The molecule has 208 valence electrons. The van der Waals surface area contributed by atoms with Crippen LogP contribution in [-0.4, -0.2) is 71.1 Å². The van der Waals surface area contributed by atoms with Crippen LogP contribution in [0.15, 0.2) is 27.8 Å². The first-order valence-corrected chi connectivity index (χ1v) is 13.6. The van der Waals surface area contributed by atoms with E-state index in [9.17, 15) is 19.2 Å². The number of amides is 2. The maximum absolute atomic E-state index is 12.4. The second kappa shape index (κ2) is 16.7. The topological polar surface area (TPSA) is 105 Å². The Morgan fingerprint density at radius 1 is 0.946 bits per heavy atom. The summed E-state index contributed by atoms with van der Waals surface area (Å²) in [6.45, 7) is 12.7. The van der Waals surface area contributed by atoms with E-state index in [4.69, 9.17) is 4.74 Å². The molecule has 37 heavy (non-hydrogen) atoms. The fourth-order valence-corrected chi connectivity index (χ4v) is 4.41. The second-order valence-electron chi connectivity index (χ2n) is 8.82. The van der Waals surface area contributed by atoms with Gasteiger partial charge in [0.25, 0.3) is 5.56 Å². The van der Waals surface area contributed by atoms with Crippen LogP contribution in [0.2, 0.25) is 0 Å². The zero-order chi connectivity index (χ0) is 28.0. The zero-order valence-corrected chi connectivity index (χ0v) is 23.8. The number of benzene rings is 1. The highest BCUT2D eigenvalue weighted by Crippen LogP contribution is 2.25. The summed E-state index contributed by atoms with van der Waals surface area (Å²) in [6.07, 6.45) is 5.72. The van der Waals surface area contributed by atoms with Gasteiger partial charge in [-0.1, -0.05) is 58.6 Å². The third kappa shape index (κ3) is 9.14. The average Bonchev–Trinajstić information content (AvgIpc) is 2.95. The maximum Gasteiger partial charge on any atom is 0.328 e. The first-order valence-electron chi connectivity index (χ1n) is 13.6. The van der Waals surface area contributed by atoms with Crippen molar-refractivity contribution in [1.82, 2.24) is 19.4 Å². The minimum Gasteiger partial charge on any atom is -0.375 e. The summed E-state index contributed by atoms with van der Waals surface area (Å²) in [7, 11) is 2.99. The van der Waals surface area contributed by atoms with Crippen LogP contribution in [0.5, 0.6) is 0 Å². The highest BCUT2D eigenvalue weighted by atomic mass is 16.5. The number of nitrogens with one attached hydrogen (secondary N) is 1. The third-order valence-corrected chi connectivity index (χ3v) is 6.42. The van der Waals surface area contributed by atoms with Crippen molar-refractivity contribution < 1.29 is 14.3 Å². The number of fused-ring (bicyclic) bond motifs is 1. The van der Waals surface area contributed by atoms with Crippen molar-refractivity contribution in [2.45, 2.75) is 66.7 Å². The Bertz CT molecular complexity index is 1090. The van der Waals surface area contributed by atoms with Crippen molar-refractivity contribution in [3.05, 3.63) is 44.6 Å². The van der Waals surface area contributed by atoms with Gasteiger partial charge in [-0.15, -0.1) is 0 Å². The van der Waals surface area contributed by atoms with Crippen LogP contribution in [0.4, 0.5) is 0 Å². The molecule has 1 aromatic heterocycles. The van der Waals surface area contributed by atoms with E-state index in [-0.39, 0.29) is 29.7 Å². The van der Waals surface area contributed by atoms with Gasteiger partial charge < -0.3 is 19.5 Å². The van der Waals surface area contributed by atoms with Crippen LogP contribution in [0.1, 0.15) is 65.4 Å². The van der Waals surface area contributed by atoms with E-state index in [0.717, 1.165) is 23.0 Å². The number of methoxy groups -OCH3 is 1. The van der Waals surface area contributed by atoms with E-state index in [0.29, 0.717) is 43.0 Å². The standard InChI is InChI=1S/C14H24N2O3.C10H10N2O2.2C2H6/c1-19-11-13(17)15-7-9-16(10-8-15)14(18)12-5-3-2-4-6-12;1-6-3-4-8-7(5-6)9(13)12(2)10(14)11-8;2*1-2/h12H,2-11H2,1H3;3-5H,1-2H3,(H,11,14);2*1-2H3. The lowest BCUT2D eigenvalue weighted by Crippen LogP contribution is -2.52. The van der Waals surface area contributed by atoms with E-state index < -0.39 is 0 Å². The molecular weight excluding hydrogens is 472 g/mol. The van der Waals surface area contributed by atoms with Crippen molar-refractivity contribution in [2.75, 3.05) is 39.9 Å². The van der Waals surface area contributed by atoms with Crippen molar-refractivity contribution >= 4 is 22.7 Å². The van der Waals surface area contributed by atoms with Crippen LogP contribution in [0.3, 0.4) is 0 Å². The Kier molecular flexibility index (Phi) is 14.5. The molecule has 2 fully saturated rings. The molecule has 2 aliphatic rings. The smallest absolute Gasteiger partial charge is 0.328 e. The quantitative estimate of drug-likeness (QED) is 0.670. The summed E-state index contributed by atoms with van der Waals surface area (Å²) in [4.78, 5) is 53.3. The first kappa shape index (κ1) is 32.1. The Morgan fingerprint density at radius 3 is 2.08 bits per heavy atom. The molecule has 0 radical (unpaired) electrons. The summed E-state index contributed by atoms with van der Waals surface area (Å²) in [5.41, 5.74) is 0.948. The predicted molar refractivity (Wildman–Crippen MR) is 149 cm³/mol. The summed E-state index contributed by atoms with van der Waals surface area (Å²) in [6, 6.07) is 5.37. The van der Waals surface area contributed by atoms with E-state index in [2.05, 4.69) is 4.98 Å². The van der Waals surface area contributed by atoms with Crippen molar-refractivity contribution in [2.24, 2.45) is 13.0 Å². The minimum atomic E-state index is -0.383. The number of aromatic amines is 1. The number of carbonyl (C=O) groups excluding carboxylic acids is 2. The average molecular weight is 519 g/mol. The number of H-pyrrole nitrogens is 1. The van der Waals surface area contributed by atoms with Gasteiger partial charge >= 0.3 is 5.69 Å². The second-order valence-corrected chi connectivity index (χ2v) is 8.82. The molecule has 1 N–H and O–H groups in total. The van der Waals surface area contributed by atoms with Gasteiger partial charge in [0.15, 0.2) is 0 Å². The van der Waals surface area contributed by atoms with Crippen LogP contribution >= 0.6 is 0 Å². The number of aromatic nitrogens is 2.